The second-order valence-electron chi connectivity index (χ2n) is 3.61. The Kier molecular flexibility index (Phi) is 2.83. The third-order valence-electron chi connectivity index (χ3n) is 2.35. The molecule has 0 aromatic heterocycles. The molecule has 1 aromatic rings. The summed E-state index contributed by atoms with van der Waals surface area (Å²) >= 11 is 5.76. The molecule has 5 heteroatoms. The number of carboxylic acids is 1. The van der Waals surface area contributed by atoms with Crippen LogP contribution in [0.1, 0.15) is 23.2 Å². The molecule has 0 fully saturated rings. The van der Waals surface area contributed by atoms with E-state index in [9.17, 15) is 9.59 Å². The number of ether oxygens (including phenoxy) is 1. The summed E-state index contributed by atoms with van der Waals surface area (Å²) in [6.07, 6.45) is -0.674. The van der Waals surface area contributed by atoms with Crippen LogP contribution in [0.15, 0.2) is 18.2 Å². The van der Waals surface area contributed by atoms with Crippen molar-refractivity contribution in [2.45, 2.75) is 18.9 Å². The van der Waals surface area contributed by atoms with Gasteiger partial charge in [0.25, 0.3) is 0 Å². The summed E-state index contributed by atoms with van der Waals surface area (Å²) in [5.74, 6) is -0.697. The van der Waals surface area contributed by atoms with Gasteiger partial charge in [-0.05, 0) is 18.2 Å². The minimum Gasteiger partial charge on any atom is -0.489 e. The highest BCUT2D eigenvalue weighted by molar-refractivity contribution is 6.31. The number of benzene rings is 1. The number of hydrogen-bond acceptors (Lipinski definition) is 3. The van der Waals surface area contributed by atoms with Gasteiger partial charge in [-0.2, -0.15) is 0 Å². The lowest BCUT2D eigenvalue weighted by Crippen LogP contribution is -2.29. The van der Waals surface area contributed by atoms with Gasteiger partial charge in [-0.15, -0.1) is 0 Å². The molecule has 0 amide bonds. The minimum absolute atomic E-state index is 0.0830. The number of aliphatic carboxylic acids is 1. The second-order valence-corrected chi connectivity index (χ2v) is 4.04. The molecular formula is C11H9ClO4. The first-order chi connectivity index (χ1) is 7.56. The molecular weight excluding hydrogens is 232 g/mol. The summed E-state index contributed by atoms with van der Waals surface area (Å²) in [5.41, 5.74) is 0.425. The quantitative estimate of drug-likeness (QED) is 0.860. The largest absolute Gasteiger partial charge is 0.489 e. The van der Waals surface area contributed by atoms with Crippen LogP contribution in [0.4, 0.5) is 0 Å². The molecule has 0 bridgehead atoms. The summed E-state index contributed by atoms with van der Waals surface area (Å²) in [6.45, 7) is 0. The van der Waals surface area contributed by atoms with Crippen molar-refractivity contribution in [1.29, 1.82) is 0 Å². The number of rotatable bonds is 2. The van der Waals surface area contributed by atoms with Crippen molar-refractivity contribution in [1.82, 2.24) is 0 Å². The van der Waals surface area contributed by atoms with Crippen molar-refractivity contribution in [3.63, 3.8) is 0 Å². The van der Waals surface area contributed by atoms with Crippen LogP contribution in [0.25, 0.3) is 0 Å². The molecule has 0 saturated carbocycles. The third kappa shape index (κ3) is 2.17. The Bertz CT molecular complexity index is 455. The highest BCUT2D eigenvalue weighted by Gasteiger charge is 2.28. The number of carbonyl (C=O) groups is 2. The molecule has 0 radical (unpaired) electrons. The van der Waals surface area contributed by atoms with Gasteiger partial charge in [-0.25, -0.2) is 0 Å². The van der Waals surface area contributed by atoms with E-state index in [0.29, 0.717) is 16.3 Å². The molecule has 2 rings (SSSR count). The number of carboxylic acid groups (broad SMARTS) is 1. The van der Waals surface area contributed by atoms with Gasteiger partial charge in [0.05, 0.1) is 12.0 Å². The fourth-order valence-electron chi connectivity index (χ4n) is 1.67. The van der Waals surface area contributed by atoms with Crippen LogP contribution in [0.3, 0.4) is 0 Å². The Morgan fingerprint density at radius 2 is 2.31 bits per heavy atom. The zero-order chi connectivity index (χ0) is 11.7. The highest BCUT2D eigenvalue weighted by Crippen LogP contribution is 2.30. The summed E-state index contributed by atoms with van der Waals surface area (Å²) in [5, 5.41) is 9.10. The lowest BCUT2D eigenvalue weighted by molar-refractivity contribution is -0.138. The first kappa shape index (κ1) is 11.0. The Morgan fingerprint density at radius 1 is 1.56 bits per heavy atom. The van der Waals surface area contributed by atoms with Crippen molar-refractivity contribution < 1.29 is 19.4 Å². The number of Topliss-reactive ketones (excluding diaryl/α,β-unsaturated/α-hetero) is 1. The summed E-state index contributed by atoms with van der Waals surface area (Å²) in [4.78, 5) is 22.2. The maximum Gasteiger partial charge on any atom is 0.307 e. The third-order valence-corrected chi connectivity index (χ3v) is 2.59. The van der Waals surface area contributed by atoms with Gasteiger partial charge in [0.2, 0.25) is 0 Å². The maximum atomic E-state index is 11.7. The smallest absolute Gasteiger partial charge is 0.307 e. The highest BCUT2D eigenvalue weighted by atomic mass is 35.5. The van der Waals surface area contributed by atoms with Crippen LogP contribution in [0.5, 0.6) is 5.75 Å². The average Bonchev–Trinajstić information content (AvgIpc) is 2.18. The SMILES string of the molecule is O=C(O)CC1CC(=O)c2cc(Cl)ccc2O1. The van der Waals surface area contributed by atoms with Crippen LogP contribution < -0.4 is 4.74 Å². The standard InChI is InChI=1S/C11H9ClO4/c12-6-1-2-10-8(3-6)9(13)4-7(16-10)5-11(14)15/h1-3,7H,4-5H2,(H,14,15). The number of hydrogen-bond donors (Lipinski definition) is 1. The van der Waals surface area contributed by atoms with Gasteiger partial charge in [0.15, 0.2) is 5.78 Å². The fraction of sp³-hybridized carbons (Fsp3) is 0.273. The van der Waals surface area contributed by atoms with Gasteiger partial charge in [0, 0.05) is 11.4 Å². The maximum absolute atomic E-state index is 11.7. The van der Waals surface area contributed by atoms with Gasteiger partial charge in [0.1, 0.15) is 11.9 Å². The van der Waals surface area contributed by atoms with Crippen molar-refractivity contribution in [3.05, 3.63) is 28.8 Å². The number of carbonyl (C=O) groups excluding carboxylic acids is 1. The van der Waals surface area contributed by atoms with E-state index in [1.807, 2.05) is 0 Å². The summed E-state index contributed by atoms with van der Waals surface area (Å²) in [6, 6.07) is 4.73. The monoisotopic (exact) mass is 240 g/mol. The van der Waals surface area contributed by atoms with E-state index >= 15 is 0 Å². The molecule has 1 heterocycles. The van der Waals surface area contributed by atoms with E-state index in [1.54, 1.807) is 12.1 Å². The van der Waals surface area contributed by atoms with E-state index in [1.165, 1.54) is 6.07 Å². The molecule has 0 aliphatic carbocycles. The van der Waals surface area contributed by atoms with Crippen LogP contribution in [0, 0.1) is 0 Å². The number of halogens is 1. The molecule has 16 heavy (non-hydrogen) atoms. The van der Waals surface area contributed by atoms with Gasteiger partial charge in [-0.1, -0.05) is 11.6 Å². The lowest BCUT2D eigenvalue weighted by atomic mass is 9.99. The van der Waals surface area contributed by atoms with E-state index in [-0.39, 0.29) is 18.6 Å². The Balaban J connectivity index is 2.26. The van der Waals surface area contributed by atoms with E-state index in [2.05, 4.69) is 0 Å². The van der Waals surface area contributed by atoms with E-state index in [4.69, 9.17) is 21.4 Å². The molecule has 0 spiro atoms. The zero-order valence-corrected chi connectivity index (χ0v) is 9.03. The van der Waals surface area contributed by atoms with Crippen molar-refractivity contribution in [2.75, 3.05) is 0 Å². The molecule has 1 unspecified atom stereocenters. The van der Waals surface area contributed by atoms with Crippen LogP contribution >= 0.6 is 11.6 Å². The molecule has 0 saturated heterocycles. The topological polar surface area (TPSA) is 63.6 Å². The first-order valence-corrected chi connectivity index (χ1v) is 5.15. The van der Waals surface area contributed by atoms with E-state index < -0.39 is 12.1 Å². The second kappa shape index (κ2) is 4.14. The summed E-state index contributed by atoms with van der Waals surface area (Å²) < 4.78 is 5.41. The zero-order valence-electron chi connectivity index (χ0n) is 8.27. The lowest BCUT2D eigenvalue weighted by Gasteiger charge is -2.24. The van der Waals surface area contributed by atoms with Crippen molar-refractivity contribution in [2.24, 2.45) is 0 Å². The molecule has 84 valence electrons. The van der Waals surface area contributed by atoms with Gasteiger partial charge >= 0.3 is 5.97 Å². The van der Waals surface area contributed by atoms with Crippen molar-refractivity contribution >= 4 is 23.4 Å². The summed E-state index contributed by atoms with van der Waals surface area (Å²) in [7, 11) is 0. The normalized spacial score (nSPS) is 18.8. The predicted molar refractivity (Wildman–Crippen MR) is 57.1 cm³/mol. The molecule has 4 nitrogen and oxygen atoms in total. The Labute approximate surface area is 96.8 Å². The fourth-order valence-corrected chi connectivity index (χ4v) is 1.84. The van der Waals surface area contributed by atoms with Crippen LogP contribution in [-0.4, -0.2) is 23.0 Å². The van der Waals surface area contributed by atoms with Crippen LogP contribution in [0.2, 0.25) is 5.02 Å². The minimum atomic E-state index is -0.977. The molecule has 1 aliphatic rings. The first-order valence-electron chi connectivity index (χ1n) is 4.77. The molecule has 1 aliphatic heterocycles. The molecule has 1 atom stereocenters. The Hall–Kier alpha value is -1.55. The molecule has 1 aromatic carbocycles. The van der Waals surface area contributed by atoms with Gasteiger partial charge < -0.3 is 9.84 Å². The number of ketones is 1. The van der Waals surface area contributed by atoms with E-state index in [0.717, 1.165) is 0 Å². The Morgan fingerprint density at radius 3 is 3.00 bits per heavy atom. The predicted octanol–water partition coefficient (Wildman–Crippen LogP) is 2.15. The average molecular weight is 241 g/mol. The van der Waals surface area contributed by atoms with Crippen molar-refractivity contribution in [3.8, 4) is 5.75 Å². The number of fused-ring (bicyclic) bond motifs is 1. The van der Waals surface area contributed by atoms with Crippen LogP contribution in [-0.2, 0) is 4.79 Å². The molecule has 1 N–H and O–H groups in total. The van der Waals surface area contributed by atoms with Gasteiger partial charge in [-0.3, -0.25) is 9.59 Å².